The molecule has 6 nitrogen and oxygen atoms in total. The Morgan fingerprint density at radius 2 is 2.10 bits per heavy atom. The van der Waals surface area contributed by atoms with Crippen molar-refractivity contribution in [2.75, 3.05) is 19.1 Å². The third-order valence-corrected chi connectivity index (χ3v) is 3.84. The maximum absolute atomic E-state index is 5.17. The highest BCUT2D eigenvalue weighted by molar-refractivity contribution is 8.02. The highest BCUT2D eigenvalue weighted by Gasteiger charge is 2.18. The summed E-state index contributed by atoms with van der Waals surface area (Å²) >= 11 is 1.56. The Kier molecular flexibility index (Phi) is 3.62. The third-order valence-electron chi connectivity index (χ3n) is 3.02. The molecule has 0 amide bonds. The lowest BCUT2D eigenvalue weighted by Crippen LogP contribution is -2.51. The second-order valence-electron chi connectivity index (χ2n) is 4.33. The number of hydrogen-bond donors (Lipinski definition) is 2. The van der Waals surface area contributed by atoms with Crippen LogP contribution in [0.1, 0.15) is 11.4 Å². The molecule has 20 heavy (non-hydrogen) atoms. The molecule has 3 rings (SSSR count). The molecule has 0 radical (unpaired) electrons. The van der Waals surface area contributed by atoms with Crippen LogP contribution in [0.2, 0.25) is 0 Å². The van der Waals surface area contributed by atoms with Crippen LogP contribution < -0.4 is 15.9 Å². The van der Waals surface area contributed by atoms with Crippen molar-refractivity contribution in [3.05, 3.63) is 41.1 Å². The lowest BCUT2D eigenvalue weighted by Gasteiger charge is -2.19. The molecule has 0 bridgehead atoms. The highest BCUT2D eigenvalue weighted by atomic mass is 32.2. The van der Waals surface area contributed by atoms with Crippen LogP contribution in [-0.2, 0) is 6.42 Å². The molecular formula is C13H16N5OS+. The maximum Gasteiger partial charge on any atom is 0.214 e. The van der Waals surface area contributed by atoms with Gasteiger partial charge in [0.15, 0.2) is 5.82 Å². The average molecular weight is 290 g/mol. The Morgan fingerprint density at radius 3 is 2.80 bits per heavy atom. The minimum atomic E-state index is 0.798. The minimum absolute atomic E-state index is 0.798. The van der Waals surface area contributed by atoms with Crippen molar-refractivity contribution >= 4 is 17.5 Å². The van der Waals surface area contributed by atoms with E-state index < -0.39 is 0 Å². The molecule has 1 aromatic carbocycles. The molecule has 0 aliphatic carbocycles. The number of methoxy groups -OCH3 is 1. The van der Waals surface area contributed by atoms with Gasteiger partial charge in [0, 0.05) is 11.0 Å². The van der Waals surface area contributed by atoms with E-state index in [0.29, 0.717) is 0 Å². The molecule has 0 saturated heterocycles. The van der Waals surface area contributed by atoms with E-state index >= 15 is 0 Å². The van der Waals surface area contributed by atoms with Crippen molar-refractivity contribution in [3.8, 4) is 5.75 Å². The van der Waals surface area contributed by atoms with Crippen LogP contribution in [0.5, 0.6) is 5.75 Å². The number of benzene rings is 1. The number of fused-ring (bicyclic) bond motifs is 1. The summed E-state index contributed by atoms with van der Waals surface area (Å²) in [6.45, 7) is 0.798. The van der Waals surface area contributed by atoms with Gasteiger partial charge in [0.2, 0.25) is 5.16 Å². The Hall–Kier alpha value is -1.99. The van der Waals surface area contributed by atoms with Gasteiger partial charge in [-0.05, 0) is 24.3 Å². The number of rotatable bonds is 4. The van der Waals surface area contributed by atoms with Gasteiger partial charge in [-0.25, -0.2) is 4.68 Å². The number of ether oxygens (including phenoxy) is 1. The second kappa shape index (κ2) is 5.56. The van der Waals surface area contributed by atoms with Crippen LogP contribution in [-0.4, -0.2) is 28.5 Å². The summed E-state index contributed by atoms with van der Waals surface area (Å²) in [5.74, 6) is 1.75. The van der Waals surface area contributed by atoms with Crippen molar-refractivity contribution in [3.63, 3.8) is 0 Å². The summed E-state index contributed by atoms with van der Waals surface area (Å²) in [6.07, 6.45) is 0.802. The highest BCUT2D eigenvalue weighted by Crippen LogP contribution is 2.29. The SMILES string of the molecule is COc1ccc(C2=CSc3nnc(CC[NH3+])n3N2)cc1. The van der Waals surface area contributed by atoms with Crippen molar-refractivity contribution in [1.29, 1.82) is 0 Å². The minimum Gasteiger partial charge on any atom is -0.497 e. The molecule has 7 heteroatoms. The quantitative estimate of drug-likeness (QED) is 0.867. The average Bonchev–Trinajstić information content (AvgIpc) is 2.90. The summed E-state index contributed by atoms with van der Waals surface area (Å²) in [5, 5.41) is 11.2. The largest absolute Gasteiger partial charge is 0.497 e. The summed E-state index contributed by atoms with van der Waals surface area (Å²) in [7, 11) is 1.66. The summed E-state index contributed by atoms with van der Waals surface area (Å²) in [5.41, 5.74) is 9.33. The van der Waals surface area contributed by atoms with E-state index in [1.165, 1.54) is 0 Å². The molecule has 0 unspecified atom stereocenters. The standard InChI is InChI=1S/C13H15N5OS/c1-19-10-4-2-9(3-5-10)11-8-20-13-16-15-12(6-7-14)18(13)17-11/h2-5,8,17H,6-7,14H2,1H3/p+1. The van der Waals surface area contributed by atoms with Crippen LogP contribution in [0, 0.1) is 0 Å². The topological polar surface area (TPSA) is 79.6 Å². The molecule has 0 fully saturated rings. The maximum atomic E-state index is 5.17. The van der Waals surface area contributed by atoms with E-state index in [4.69, 9.17) is 4.74 Å². The van der Waals surface area contributed by atoms with E-state index in [0.717, 1.165) is 41.0 Å². The number of thioether (sulfide) groups is 1. The first-order valence-corrected chi connectivity index (χ1v) is 7.21. The number of nitrogens with zero attached hydrogens (tertiary/aromatic N) is 3. The third kappa shape index (κ3) is 2.37. The van der Waals surface area contributed by atoms with Crippen LogP contribution >= 0.6 is 11.8 Å². The van der Waals surface area contributed by atoms with Gasteiger partial charge in [-0.1, -0.05) is 11.8 Å². The fourth-order valence-electron chi connectivity index (χ4n) is 1.97. The van der Waals surface area contributed by atoms with E-state index in [9.17, 15) is 0 Å². The van der Waals surface area contributed by atoms with Crippen molar-refractivity contribution in [2.24, 2.45) is 0 Å². The summed E-state index contributed by atoms with van der Waals surface area (Å²) < 4.78 is 7.10. The van der Waals surface area contributed by atoms with Crippen molar-refractivity contribution in [1.82, 2.24) is 14.9 Å². The van der Waals surface area contributed by atoms with Crippen LogP contribution in [0.4, 0.5) is 0 Å². The Labute approximate surface area is 121 Å². The summed E-state index contributed by atoms with van der Waals surface area (Å²) in [6, 6.07) is 7.94. The molecule has 0 atom stereocenters. The van der Waals surface area contributed by atoms with Crippen LogP contribution in [0.25, 0.3) is 5.70 Å². The molecule has 1 aliphatic heterocycles. The zero-order chi connectivity index (χ0) is 13.9. The molecule has 104 valence electrons. The molecule has 2 aromatic rings. The lowest BCUT2D eigenvalue weighted by molar-refractivity contribution is -0.366. The van der Waals surface area contributed by atoms with Gasteiger partial charge in [0.25, 0.3) is 0 Å². The molecule has 1 aromatic heterocycles. The smallest absolute Gasteiger partial charge is 0.214 e. The Bertz CT molecular complexity index is 635. The lowest BCUT2D eigenvalue weighted by atomic mass is 10.2. The van der Waals surface area contributed by atoms with Crippen molar-refractivity contribution in [2.45, 2.75) is 11.6 Å². The van der Waals surface area contributed by atoms with E-state index in [-0.39, 0.29) is 0 Å². The first kappa shape index (κ1) is 13.0. The number of nitrogens with one attached hydrogen (secondary N) is 1. The normalized spacial score (nSPS) is 13.4. The van der Waals surface area contributed by atoms with Gasteiger partial charge in [-0.2, -0.15) is 0 Å². The zero-order valence-corrected chi connectivity index (χ0v) is 12.0. The monoisotopic (exact) mass is 290 g/mol. The van der Waals surface area contributed by atoms with Gasteiger partial charge in [0.05, 0.1) is 25.8 Å². The number of aromatic nitrogens is 3. The first-order valence-electron chi connectivity index (χ1n) is 6.33. The fourth-order valence-corrected chi connectivity index (χ4v) is 2.73. The fraction of sp³-hybridized carbons (Fsp3) is 0.231. The molecular weight excluding hydrogens is 274 g/mol. The molecule has 0 saturated carbocycles. The van der Waals surface area contributed by atoms with Crippen LogP contribution in [0.15, 0.2) is 34.8 Å². The van der Waals surface area contributed by atoms with Gasteiger partial charge < -0.3 is 10.5 Å². The van der Waals surface area contributed by atoms with E-state index in [2.05, 4.69) is 21.4 Å². The molecule has 2 heterocycles. The van der Waals surface area contributed by atoms with Gasteiger partial charge >= 0.3 is 0 Å². The predicted octanol–water partition coefficient (Wildman–Crippen LogP) is 0.719. The molecule has 4 N–H and O–H groups in total. The van der Waals surface area contributed by atoms with Crippen molar-refractivity contribution < 1.29 is 10.5 Å². The first-order chi connectivity index (χ1) is 9.81. The van der Waals surface area contributed by atoms with Gasteiger partial charge in [-0.3, -0.25) is 5.43 Å². The second-order valence-corrected chi connectivity index (χ2v) is 5.16. The van der Waals surface area contributed by atoms with Gasteiger partial charge in [-0.15, -0.1) is 10.2 Å². The molecule has 1 aliphatic rings. The van der Waals surface area contributed by atoms with E-state index in [1.807, 2.05) is 34.3 Å². The predicted molar refractivity (Wildman–Crippen MR) is 77.7 cm³/mol. The Balaban J connectivity index is 1.85. The summed E-state index contributed by atoms with van der Waals surface area (Å²) in [4.78, 5) is 0. The molecule has 0 spiro atoms. The van der Waals surface area contributed by atoms with E-state index in [1.54, 1.807) is 18.9 Å². The number of quaternary nitrogens is 1. The zero-order valence-electron chi connectivity index (χ0n) is 11.2. The van der Waals surface area contributed by atoms with Crippen LogP contribution in [0.3, 0.4) is 0 Å². The van der Waals surface area contributed by atoms with Gasteiger partial charge in [0.1, 0.15) is 5.75 Å². The Morgan fingerprint density at radius 1 is 1.30 bits per heavy atom. The number of hydrogen-bond acceptors (Lipinski definition) is 5.